The lowest BCUT2D eigenvalue weighted by molar-refractivity contribution is 0.284. The quantitative estimate of drug-likeness (QED) is 0.928. The predicted molar refractivity (Wildman–Crippen MR) is 76.9 cm³/mol. The van der Waals surface area contributed by atoms with Crippen LogP contribution < -0.4 is 5.32 Å². The van der Waals surface area contributed by atoms with E-state index in [1.807, 2.05) is 30.1 Å². The van der Waals surface area contributed by atoms with E-state index < -0.39 is 0 Å². The number of halogens is 1. The third kappa shape index (κ3) is 2.48. The van der Waals surface area contributed by atoms with Crippen LogP contribution in [0.3, 0.4) is 0 Å². The monoisotopic (exact) mass is 273 g/mol. The zero-order chi connectivity index (χ0) is 14.1. The van der Waals surface area contributed by atoms with Gasteiger partial charge in [-0.3, -0.25) is 4.68 Å². The fourth-order valence-electron chi connectivity index (χ4n) is 2.82. The van der Waals surface area contributed by atoms with Crippen molar-refractivity contribution < 1.29 is 4.39 Å². The highest BCUT2D eigenvalue weighted by Crippen LogP contribution is 2.38. The molecule has 1 heterocycles. The van der Waals surface area contributed by atoms with Gasteiger partial charge in [-0.1, -0.05) is 18.2 Å². The van der Waals surface area contributed by atoms with Crippen molar-refractivity contribution >= 4 is 0 Å². The Morgan fingerprint density at radius 3 is 2.75 bits per heavy atom. The van der Waals surface area contributed by atoms with Gasteiger partial charge in [0.25, 0.3) is 0 Å². The molecule has 0 bridgehead atoms. The van der Waals surface area contributed by atoms with Crippen molar-refractivity contribution in [2.45, 2.75) is 38.3 Å². The molecule has 0 saturated heterocycles. The standard InChI is InChI=1S/C16H20FN3/c1-11-13(10-19-20(11)2)9-18-14-7-12(8-14)15-5-3-4-6-16(15)17/h3-6,10,12,14,18H,7-9H2,1-2H3. The second kappa shape index (κ2) is 5.37. The summed E-state index contributed by atoms with van der Waals surface area (Å²) in [7, 11) is 1.95. The van der Waals surface area contributed by atoms with Gasteiger partial charge in [0.2, 0.25) is 0 Å². The molecule has 1 saturated carbocycles. The molecule has 3 nitrogen and oxygen atoms in total. The Hall–Kier alpha value is -1.68. The molecule has 0 radical (unpaired) electrons. The number of nitrogens with one attached hydrogen (secondary N) is 1. The maximum atomic E-state index is 13.7. The highest BCUT2D eigenvalue weighted by Gasteiger charge is 2.31. The Morgan fingerprint density at radius 2 is 2.10 bits per heavy atom. The van der Waals surface area contributed by atoms with Gasteiger partial charge in [0.05, 0.1) is 6.20 Å². The van der Waals surface area contributed by atoms with E-state index in [1.54, 1.807) is 12.1 Å². The summed E-state index contributed by atoms with van der Waals surface area (Å²) in [5, 5.41) is 7.77. The van der Waals surface area contributed by atoms with Crippen LogP contribution in [0.25, 0.3) is 0 Å². The van der Waals surface area contributed by atoms with Crippen LogP contribution in [0.1, 0.15) is 35.6 Å². The number of hydrogen-bond donors (Lipinski definition) is 1. The Kier molecular flexibility index (Phi) is 3.57. The van der Waals surface area contributed by atoms with E-state index >= 15 is 0 Å². The molecule has 0 spiro atoms. The number of aromatic nitrogens is 2. The summed E-state index contributed by atoms with van der Waals surface area (Å²) in [6.45, 7) is 2.92. The van der Waals surface area contributed by atoms with Crippen molar-refractivity contribution in [3.63, 3.8) is 0 Å². The fraction of sp³-hybridized carbons (Fsp3) is 0.438. The molecule has 1 aliphatic carbocycles. The molecule has 1 aliphatic rings. The highest BCUT2D eigenvalue weighted by atomic mass is 19.1. The van der Waals surface area contributed by atoms with Gasteiger partial charge in [0.15, 0.2) is 0 Å². The zero-order valence-electron chi connectivity index (χ0n) is 11.9. The maximum Gasteiger partial charge on any atom is 0.126 e. The molecule has 1 fully saturated rings. The summed E-state index contributed by atoms with van der Waals surface area (Å²) in [5.74, 6) is 0.294. The Labute approximate surface area is 118 Å². The lowest BCUT2D eigenvalue weighted by Crippen LogP contribution is -2.39. The molecule has 0 aliphatic heterocycles. The van der Waals surface area contributed by atoms with Crippen LogP contribution in [0.5, 0.6) is 0 Å². The van der Waals surface area contributed by atoms with Gasteiger partial charge in [0, 0.05) is 30.9 Å². The molecule has 1 aromatic heterocycles. The van der Waals surface area contributed by atoms with Gasteiger partial charge >= 0.3 is 0 Å². The number of benzene rings is 1. The van der Waals surface area contributed by atoms with Crippen LogP contribution in [0.4, 0.5) is 4.39 Å². The van der Waals surface area contributed by atoms with Crippen LogP contribution in [-0.2, 0) is 13.6 Å². The van der Waals surface area contributed by atoms with Crippen LogP contribution in [-0.4, -0.2) is 15.8 Å². The van der Waals surface area contributed by atoms with Crippen molar-refractivity contribution in [2.75, 3.05) is 0 Å². The van der Waals surface area contributed by atoms with Crippen LogP contribution >= 0.6 is 0 Å². The molecule has 0 amide bonds. The van der Waals surface area contributed by atoms with Gasteiger partial charge < -0.3 is 5.32 Å². The maximum absolute atomic E-state index is 13.7. The molecule has 106 valence electrons. The van der Waals surface area contributed by atoms with Crippen LogP contribution in [0.15, 0.2) is 30.5 Å². The molecular formula is C16H20FN3. The molecule has 0 unspecified atom stereocenters. The first-order valence-electron chi connectivity index (χ1n) is 7.10. The SMILES string of the molecule is Cc1c(CNC2CC(c3ccccc3F)C2)cnn1C. The van der Waals surface area contributed by atoms with E-state index in [0.29, 0.717) is 12.0 Å². The normalized spacial score (nSPS) is 21.8. The summed E-state index contributed by atoms with van der Waals surface area (Å²) >= 11 is 0. The van der Waals surface area contributed by atoms with Crippen molar-refractivity contribution in [1.29, 1.82) is 0 Å². The van der Waals surface area contributed by atoms with Crippen molar-refractivity contribution in [3.8, 4) is 0 Å². The van der Waals surface area contributed by atoms with E-state index in [4.69, 9.17) is 0 Å². The fourth-order valence-corrected chi connectivity index (χ4v) is 2.82. The van der Waals surface area contributed by atoms with E-state index in [1.165, 1.54) is 11.3 Å². The number of nitrogens with zero attached hydrogens (tertiary/aromatic N) is 2. The number of aryl methyl sites for hydroxylation is 1. The Morgan fingerprint density at radius 1 is 1.35 bits per heavy atom. The largest absolute Gasteiger partial charge is 0.310 e. The van der Waals surface area contributed by atoms with Gasteiger partial charge in [-0.2, -0.15) is 5.10 Å². The average Bonchev–Trinajstić information content (AvgIpc) is 2.70. The average molecular weight is 273 g/mol. The highest BCUT2D eigenvalue weighted by molar-refractivity contribution is 5.25. The third-order valence-corrected chi connectivity index (χ3v) is 4.40. The molecular weight excluding hydrogens is 253 g/mol. The summed E-state index contributed by atoms with van der Waals surface area (Å²) in [5.41, 5.74) is 3.30. The van der Waals surface area contributed by atoms with E-state index in [2.05, 4.69) is 17.3 Å². The van der Waals surface area contributed by atoms with Gasteiger partial charge in [-0.05, 0) is 37.3 Å². The topological polar surface area (TPSA) is 29.9 Å². The second-order valence-electron chi connectivity index (χ2n) is 5.65. The van der Waals surface area contributed by atoms with Crippen LogP contribution in [0.2, 0.25) is 0 Å². The van der Waals surface area contributed by atoms with E-state index in [-0.39, 0.29) is 5.82 Å². The van der Waals surface area contributed by atoms with E-state index in [0.717, 1.165) is 24.9 Å². The van der Waals surface area contributed by atoms with E-state index in [9.17, 15) is 4.39 Å². The van der Waals surface area contributed by atoms with Crippen molar-refractivity contribution in [3.05, 3.63) is 53.1 Å². The minimum Gasteiger partial charge on any atom is -0.310 e. The molecule has 1 N–H and O–H groups in total. The summed E-state index contributed by atoms with van der Waals surface area (Å²) in [6, 6.07) is 7.60. The van der Waals surface area contributed by atoms with Gasteiger partial charge in [-0.15, -0.1) is 0 Å². The molecule has 3 rings (SSSR count). The third-order valence-electron chi connectivity index (χ3n) is 4.40. The zero-order valence-corrected chi connectivity index (χ0v) is 11.9. The Bertz CT molecular complexity index is 600. The van der Waals surface area contributed by atoms with Crippen molar-refractivity contribution in [1.82, 2.24) is 15.1 Å². The first kappa shape index (κ1) is 13.3. The first-order valence-corrected chi connectivity index (χ1v) is 7.10. The number of hydrogen-bond acceptors (Lipinski definition) is 2. The van der Waals surface area contributed by atoms with Gasteiger partial charge in [0.1, 0.15) is 5.82 Å². The number of rotatable bonds is 4. The summed E-state index contributed by atoms with van der Waals surface area (Å²) < 4.78 is 15.6. The molecule has 4 heteroatoms. The predicted octanol–water partition coefficient (Wildman–Crippen LogP) is 2.90. The smallest absolute Gasteiger partial charge is 0.126 e. The van der Waals surface area contributed by atoms with Gasteiger partial charge in [-0.25, -0.2) is 4.39 Å². The first-order chi connectivity index (χ1) is 9.65. The Balaban J connectivity index is 1.52. The minimum absolute atomic E-state index is 0.0703. The molecule has 20 heavy (non-hydrogen) atoms. The molecule has 2 aromatic rings. The van der Waals surface area contributed by atoms with Crippen molar-refractivity contribution in [2.24, 2.45) is 7.05 Å². The second-order valence-corrected chi connectivity index (χ2v) is 5.65. The summed E-state index contributed by atoms with van der Waals surface area (Å²) in [4.78, 5) is 0. The lowest BCUT2D eigenvalue weighted by atomic mass is 9.75. The molecule has 1 aromatic carbocycles. The molecule has 0 atom stereocenters. The lowest BCUT2D eigenvalue weighted by Gasteiger charge is -2.36. The minimum atomic E-state index is -0.0703. The summed E-state index contributed by atoms with van der Waals surface area (Å²) in [6.07, 6.45) is 3.94. The van der Waals surface area contributed by atoms with Crippen LogP contribution in [0, 0.1) is 12.7 Å².